The second kappa shape index (κ2) is 8.97. The summed E-state index contributed by atoms with van der Waals surface area (Å²) < 4.78 is 10.5. The molecular formula is C22H26O2. The largest absolute Gasteiger partial charge is 0.497 e. The van der Waals surface area contributed by atoms with Crippen LogP contribution in [0.2, 0.25) is 0 Å². The van der Waals surface area contributed by atoms with Gasteiger partial charge < -0.3 is 9.47 Å². The van der Waals surface area contributed by atoms with E-state index in [4.69, 9.17) is 9.47 Å². The van der Waals surface area contributed by atoms with Crippen LogP contribution in [0.15, 0.2) is 60.7 Å². The van der Waals surface area contributed by atoms with Gasteiger partial charge in [-0.15, -0.1) is 0 Å². The van der Waals surface area contributed by atoms with Crippen LogP contribution in [-0.2, 0) is 0 Å². The number of hydrogen-bond acceptors (Lipinski definition) is 2. The summed E-state index contributed by atoms with van der Waals surface area (Å²) in [7, 11) is 3.39. The van der Waals surface area contributed by atoms with E-state index in [2.05, 4.69) is 50.3 Å². The van der Waals surface area contributed by atoms with Crippen molar-refractivity contribution in [1.82, 2.24) is 0 Å². The number of allylic oxidation sites excluding steroid dienone is 4. The Bertz CT molecular complexity index is 628. The molecule has 0 spiro atoms. The summed E-state index contributed by atoms with van der Waals surface area (Å²) in [5, 5.41) is 0. The minimum Gasteiger partial charge on any atom is -0.497 e. The van der Waals surface area contributed by atoms with Crippen LogP contribution in [0.25, 0.3) is 11.1 Å². The predicted octanol–water partition coefficient (Wildman–Crippen LogP) is 5.99. The Morgan fingerprint density at radius 2 is 1.00 bits per heavy atom. The van der Waals surface area contributed by atoms with E-state index in [9.17, 15) is 0 Å². The molecular weight excluding hydrogens is 296 g/mol. The molecule has 0 heterocycles. The second-order valence-corrected chi connectivity index (χ2v) is 5.58. The van der Waals surface area contributed by atoms with Gasteiger partial charge in [-0.2, -0.15) is 0 Å². The van der Waals surface area contributed by atoms with E-state index in [0.717, 1.165) is 24.3 Å². The summed E-state index contributed by atoms with van der Waals surface area (Å²) in [4.78, 5) is 0. The molecule has 0 amide bonds. The van der Waals surface area contributed by atoms with E-state index in [1.807, 2.05) is 24.3 Å². The molecule has 0 aliphatic heterocycles. The minimum absolute atomic E-state index is 0.890. The SMILES string of the molecule is C/C=C(/CC/C(=C/C)c1ccc(OC)cc1)c1ccc(OC)cc1. The van der Waals surface area contributed by atoms with E-state index in [1.54, 1.807) is 14.2 Å². The quantitative estimate of drug-likeness (QED) is 0.623. The molecule has 2 nitrogen and oxygen atoms in total. The molecule has 0 unspecified atom stereocenters. The number of methoxy groups -OCH3 is 2. The van der Waals surface area contributed by atoms with Crippen LogP contribution in [0.4, 0.5) is 0 Å². The highest BCUT2D eigenvalue weighted by molar-refractivity contribution is 5.71. The lowest BCUT2D eigenvalue weighted by Gasteiger charge is -2.12. The Labute approximate surface area is 145 Å². The highest BCUT2D eigenvalue weighted by Gasteiger charge is 2.06. The van der Waals surface area contributed by atoms with E-state index >= 15 is 0 Å². The molecule has 0 N–H and O–H groups in total. The molecule has 0 bridgehead atoms. The van der Waals surface area contributed by atoms with Gasteiger partial charge in [0.1, 0.15) is 11.5 Å². The van der Waals surface area contributed by atoms with Crippen LogP contribution in [0.5, 0.6) is 11.5 Å². The zero-order valence-electron chi connectivity index (χ0n) is 15.0. The van der Waals surface area contributed by atoms with Crippen LogP contribution in [-0.4, -0.2) is 14.2 Å². The molecule has 0 atom stereocenters. The average molecular weight is 322 g/mol. The first-order chi connectivity index (χ1) is 11.7. The van der Waals surface area contributed by atoms with Crippen molar-refractivity contribution in [3.8, 4) is 11.5 Å². The Balaban J connectivity index is 2.07. The summed E-state index contributed by atoms with van der Waals surface area (Å²) in [5.74, 6) is 1.78. The standard InChI is InChI=1S/C22H26O2/c1-5-17(19-9-13-21(23-3)14-10-19)7-8-18(6-2)20-11-15-22(24-4)16-12-20/h5-6,9-16H,7-8H2,1-4H3/b17-5-,18-6-. The first-order valence-corrected chi connectivity index (χ1v) is 8.31. The molecule has 0 saturated heterocycles. The van der Waals surface area contributed by atoms with Crippen molar-refractivity contribution >= 4 is 11.1 Å². The van der Waals surface area contributed by atoms with Gasteiger partial charge in [0.2, 0.25) is 0 Å². The van der Waals surface area contributed by atoms with Gasteiger partial charge in [0.25, 0.3) is 0 Å². The fraction of sp³-hybridized carbons (Fsp3) is 0.273. The number of benzene rings is 2. The molecule has 2 aromatic carbocycles. The third-order valence-corrected chi connectivity index (χ3v) is 4.28. The van der Waals surface area contributed by atoms with Crippen molar-refractivity contribution in [2.75, 3.05) is 14.2 Å². The van der Waals surface area contributed by atoms with E-state index in [0.29, 0.717) is 0 Å². The van der Waals surface area contributed by atoms with Gasteiger partial charge in [-0.3, -0.25) is 0 Å². The first-order valence-electron chi connectivity index (χ1n) is 8.31. The van der Waals surface area contributed by atoms with E-state index < -0.39 is 0 Å². The van der Waals surface area contributed by atoms with Crippen LogP contribution in [0.1, 0.15) is 37.8 Å². The third-order valence-electron chi connectivity index (χ3n) is 4.28. The predicted molar refractivity (Wildman–Crippen MR) is 103 cm³/mol. The fourth-order valence-corrected chi connectivity index (χ4v) is 2.79. The molecule has 0 radical (unpaired) electrons. The molecule has 0 aliphatic rings. The summed E-state index contributed by atoms with van der Waals surface area (Å²) >= 11 is 0. The lowest BCUT2D eigenvalue weighted by atomic mass is 9.94. The van der Waals surface area contributed by atoms with Crippen molar-refractivity contribution in [3.05, 3.63) is 71.8 Å². The molecule has 24 heavy (non-hydrogen) atoms. The van der Waals surface area contributed by atoms with Crippen molar-refractivity contribution < 1.29 is 9.47 Å². The molecule has 0 fully saturated rings. The third kappa shape index (κ3) is 4.51. The maximum Gasteiger partial charge on any atom is 0.118 e. The van der Waals surface area contributed by atoms with Crippen molar-refractivity contribution in [1.29, 1.82) is 0 Å². The highest BCUT2D eigenvalue weighted by atomic mass is 16.5. The molecule has 0 aromatic heterocycles. The zero-order valence-corrected chi connectivity index (χ0v) is 15.0. The lowest BCUT2D eigenvalue weighted by Crippen LogP contribution is -1.90. The minimum atomic E-state index is 0.890. The van der Waals surface area contributed by atoms with Crippen LogP contribution in [0, 0.1) is 0 Å². The second-order valence-electron chi connectivity index (χ2n) is 5.58. The summed E-state index contributed by atoms with van der Waals surface area (Å²) in [6.45, 7) is 4.20. The Morgan fingerprint density at radius 3 is 1.25 bits per heavy atom. The van der Waals surface area contributed by atoms with Gasteiger partial charge in [0.15, 0.2) is 0 Å². The van der Waals surface area contributed by atoms with Crippen LogP contribution >= 0.6 is 0 Å². The molecule has 0 saturated carbocycles. The van der Waals surface area contributed by atoms with Gasteiger partial charge >= 0.3 is 0 Å². The molecule has 0 aliphatic carbocycles. The summed E-state index contributed by atoms with van der Waals surface area (Å²) in [6.07, 6.45) is 6.41. The normalized spacial score (nSPS) is 12.2. The van der Waals surface area contributed by atoms with Crippen molar-refractivity contribution in [3.63, 3.8) is 0 Å². The number of hydrogen-bond donors (Lipinski definition) is 0. The van der Waals surface area contributed by atoms with Crippen LogP contribution in [0.3, 0.4) is 0 Å². The van der Waals surface area contributed by atoms with Gasteiger partial charge in [-0.25, -0.2) is 0 Å². The summed E-state index contributed by atoms with van der Waals surface area (Å²) in [5.41, 5.74) is 5.21. The maximum absolute atomic E-state index is 5.24. The van der Waals surface area contributed by atoms with Crippen molar-refractivity contribution in [2.45, 2.75) is 26.7 Å². The van der Waals surface area contributed by atoms with Gasteiger partial charge in [-0.05, 0) is 73.2 Å². The van der Waals surface area contributed by atoms with Crippen molar-refractivity contribution in [2.24, 2.45) is 0 Å². The average Bonchev–Trinajstić information content (AvgIpc) is 2.66. The van der Waals surface area contributed by atoms with Gasteiger partial charge in [0, 0.05) is 0 Å². The summed E-state index contributed by atoms with van der Waals surface area (Å²) in [6, 6.07) is 16.5. The zero-order chi connectivity index (χ0) is 17.4. The smallest absolute Gasteiger partial charge is 0.118 e. The number of rotatable bonds is 7. The van der Waals surface area contributed by atoms with E-state index in [-0.39, 0.29) is 0 Å². The first kappa shape index (κ1) is 17.9. The fourth-order valence-electron chi connectivity index (χ4n) is 2.79. The molecule has 126 valence electrons. The molecule has 2 rings (SSSR count). The highest BCUT2D eigenvalue weighted by Crippen LogP contribution is 2.28. The number of ether oxygens (including phenoxy) is 2. The molecule has 2 aromatic rings. The maximum atomic E-state index is 5.24. The Hall–Kier alpha value is -2.48. The molecule has 2 heteroatoms. The topological polar surface area (TPSA) is 18.5 Å². The van der Waals surface area contributed by atoms with Gasteiger partial charge in [-0.1, -0.05) is 36.4 Å². The van der Waals surface area contributed by atoms with E-state index in [1.165, 1.54) is 22.3 Å². The van der Waals surface area contributed by atoms with Crippen LogP contribution < -0.4 is 9.47 Å². The monoisotopic (exact) mass is 322 g/mol. The lowest BCUT2D eigenvalue weighted by molar-refractivity contribution is 0.414. The van der Waals surface area contributed by atoms with Gasteiger partial charge in [0.05, 0.1) is 14.2 Å². The Morgan fingerprint density at radius 1 is 0.667 bits per heavy atom. The Kier molecular flexibility index (Phi) is 6.68.